The summed E-state index contributed by atoms with van der Waals surface area (Å²) >= 11 is 0. The quantitative estimate of drug-likeness (QED) is 0.727. The van der Waals surface area contributed by atoms with E-state index in [1.165, 1.54) is 19.4 Å². The van der Waals surface area contributed by atoms with Crippen LogP contribution in [0.1, 0.15) is 55.5 Å². The Kier molecular flexibility index (Phi) is 7.31. The molecule has 0 radical (unpaired) electrons. The minimum Gasteiger partial charge on any atom is -0.350 e. The third kappa shape index (κ3) is 5.24. The number of amides is 1. The van der Waals surface area contributed by atoms with Crippen molar-refractivity contribution in [2.24, 2.45) is 11.8 Å². The van der Waals surface area contributed by atoms with E-state index in [1.54, 1.807) is 6.07 Å². The Morgan fingerprint density at radius 3 is 2.47 bits per heavy atom. The molecule has 0 bridgehead atoms. The first-order chi connectivity index (χ1) is 15.4. The van der Waals surface area contributed by atoms with Gasteiger partial charge in [-0.3, -0.25) is 9.59 Å². The van der Waals surface area contributed by atoms with Crippen LogP contribution in [0, 0.1) is 18.8 Å². The summed E-state index contributed by atoms with van der Waals surface area (Å²) in [6.45, 7) is 12.3. The maximum Gasteiger partial charge on any atom is 0.263 e. The number of hydrogen-bond donors (Lipinski definition) is 2. The Bertz CT molecular complexity index is 999. The van der Waals surface area contributed by atoms with E-state index in [4.69, 9.17) is 0 Å². The maximum absolute atomic E-state index is 13.4. The normalized spacial score (nSPS) is 19.0. The highest BCUT2D eigenvalue weighted by Gasteiger charge is 2.25. The number of nitrogens with one attached hydrogen (secondary N) is 2. The molecule has 1 amide bonds. The van der Waals surface area contributed by atoms with Gasteiger partial charge in [0.2, 0.25) is 0 Å². The molecule has 6 heteroatoms. The average Bonchev–Trinajstić information content (AvgIpc) is 2.77. The molecule has 2 aliphatic rings. The lowest BCUT2D eigenvalue weighted by Crippen LogP contribution is -2.42. The largest absolute Gasteiger partial charge is 0.350 e. The minimum absolute atomic E-state index is 0.00723. The lowest BCUT2D eigenvalue weighted by Gasteiger charge is -2.35. The fourth-order valence-electron chi connectivity index (χ4n) is 5.27. The molecule has 2 aliphatic heterocycles. The van der Waals surface area contributed by atoms with Gasteiger partial charge in [0, 0.05) is 24.5 Å². The van der Waals surface area contributed by atoms with Crippen LogP contribution >= 0.6 is 0 Å². The van der Waals surface area contributed by atoms with E-state index >= 15 is 0 Å². The molecule has 0 aliphatic carbocycles. The van der Waals surface area contributed by atoms with Crippen LogP contribution in [0.2, 0.25) is 0 Å². The molecular weight excluding hydrogens is 400 g/mol. The number of carbonyl (C=O) groups is 1. The van der Waals surface area contributed by atoms with Crippen LogP contribution < -0.4 is 16.2 Å². The fraction of sp³-hybridized carbons (Fsp3) is 0.615. The highest BCUT2D eigenvalue weighted by molar-refractivity contribution is 5.98. The zero-order valence-corrected chi connectivity index (χ0v) is 19.8. The van der Waals surface area contributed by atoms with Crippen LogP contribution in [-0.4, -0.2) is 54.1 Å². The van der Waals surface area contributed by atoms with Gasteiger partial charge in [-0.25, -0.2) is 0 Å². The first kappa shape index (κ1) is 23.0. The monoisotopic (exact) mass is 438 g/mol. The van der Waals surface area contributed by atoms with Crippen molar-refractivity contribution in [2.75, 3.05) is 32.7 Å². The van der Waals surface area contributed by atoms with E-state index in [0.29, 0.717) is 12.5 Å². The van der Waals surface area contributed by atoms with Crippen molar-refractivity contribution in [2.45, 2.75) is 59.0 Å². The number of nitrogens with zero attached hydrogens (tertiary/aromatic N) is 2. The van der Waals surface area contributed by atoms with Crippen molar-refractivity contribution in [3.63, 3.8) is 0 Å². The number of hydrogen-bond acceptors (Lipinski definition) is 4. The molecule has 0 atom stereocenters. The number of pyridine rings is 1. The van der Waals surface area contributed by atoms with E-state index in [0.717, 1.165) is 61.4 Å². The second-order valence-corrected chi connectivity index (χ2v) is 10.0. The lowest BCUT2D eigenvalue weighted by atomic mass is 9.93. The number of piperidine rings is 2. The van der Waals surface area contributed by atoms with Crippen molar-refractivity contribution in [3.8, 4) is 0 Å². The SMILES string of the molecule is Cc1cccc2c1cc(C(=O)NC(C)C)c(=O)n2CC1CCN(CC2CCNCC2)CC1. The average molecular weight is 439 g/mol. The summed E-state index contributed by atoms with van der Waals surface area (Å²) in [4.78, 5) is 28.8. The minimum atomic E-state index is -0.277. The van der Waals surface area contributed by atoms with Gasteiger partial charge in [-0.05, 0) is 102 Å². The molecule has 3 heterocycles. The Morgan fingerprint density at radius 1 is 1.09 bits per heavy atom. The summed E-state index contributed by atoms with van der Waals surface area (Å²) in [5, 5.41) is 7.34. The van der Waals surface area contributed by atoms with Gasteiger partial charge in [0.25, 0.3) is 11.5 Å². The van der Waals surface area contributed by atoms with Gasteiger partial charge in [-0.2, -0.15) is 0 Å². The van der Waals surface area contributed by atoms with Gasteiger partial charge in [0.15, 0.2) is 0 Å². The Hall–Kier alpha value is -2.18. The zero-order chi connectivity index (χ0) is 22.7. The van der Waals surface area contributed by atoms with Crippen LogP contribution in [0.3, 0.4) is 0 Å². The first-order valence-electron chi connectivity index (χ1n) is 12.3. The number of benzene rings is 1. The number of aromatic nitrogens is 1. The Labute approximate surface area is 191 Å². The molecule has 0 saturated carbocycles. The number of likely N-dealkylation sites (tertiary alicyclic amines) is 1. The van der Waals surface area contributed by atoms with Crippen molar-refractivity contribution < 1.29 is 4.79 Å². The van der Waals surface area contributed by atoms with E-state index in [1.807, 2.05) is 43.5 Å². The molecule has 174 valence electrons. The van der Waals surface area contributed by atoms with E-state index in [2.05, 4.69) is 15.5 Å². The summed E-state index contributed by atoms with van der Waals surface area (Å²) < 4.78 is 1.87. The van der Waals surface area contributed by atoms with Crippen molar-refractivity contribution in [1.29, 1.82) is 0 Å². The summed E-state index contributed by atoms with van der Waals surface area (Å²) in [6, 6.07) is 7.83. The predicted molar refractivity (Wildman–Crippen MR) is 130 cm³/mol. The van der Waals surface area contributed by atoms with Gasteiger partial charge in [-0.15, -0.1) is 0 Å². The highest BCUT2D eigenvalue weighted by Crippen LogP contribution is 2.24. The van der Waals surface area contributed by atoms with Crippen LogP contribution in [-0.2, 0) is 6.54 Å². The number of carbonyl (C=O) groups excluding carboxylic acids is 1. The van der Waals surface area contributed by atoms with Gasteiger partial charge >= 0.3 is 0 Å². The predicted octanol–water partition coefficient (Wildman–Crippen LogP) is 3.16. The van der Waals surface area contributed by atoms with Gasteiger partial charge in [0.05, 0.1) is 5.52 Å². The van der Waals surface area contributed by atoms with E-state index < -0.39 is 0 Å². The molecule has 1 aromatic carbocycles. The molecule has 6 nitrogen and oxygen atoms in total. The van der Waals surface area contributed by atoms with Gasteiger partial charge in [-0.1, -0.05) is 12.1 Å². The topological polar surface area (TPSA) is 66.4 Å². The number of aryl methyl sites for hydroxylation is 1. The van der Waals surface area contributed by atoms with Crippen LogP contribution in [0.4, 0.5) is 0 Å². The summed E-state index contributed by atoms with van der Waals surface area (Å²) in [5.74, 6) is 1.00. The van der Waals surface area contributed by atoms with E-state index in [9.17, 15) is 9.59 Å². The zero-order valence-electron chi connectivity index (χ0n) is 19.8. The highest BCUT2D eigenvalue weighted by atomic mass is 16.2. The van der Waals surface area contributed by atoms with Gasteiger partial charge < -0.3 is 20.1 Å². The molecule has 32 heavy (non-hydrogen) atoms. The second kappa shape index (κ2) is 10.2. The second-order valence-electron chi connectivity index (χ2n) is 10.0. The Balaban J connectivity index is 1.52. The molecule has 2 aromatic rings. The maximum atomic E-state index is 13.4. The molecular formula is C26H38N4O2. The smallest absolute Gasteiger partial charge is 0.263 e. The summed E-state index contributed by atoms with van der Waals surface area (Å²) in [7, 11) is 0. The number of fused-ring (bicyclic) bond motifs is 1. The molecule has 2 saturated heterocycles. The third-order valence-electron chi connectivity index (χ3n) is 7.14. The third-order valence-corrected chi connectivity index (χ3v) is 7.14. The molecule has 2 fully saturated rings. The molecule has 4 rings (SSSR count). The summed E-state index contributed by atoms with van der Waals surface area (Å²) in [5.41, 5.74) is 2.11. The molecule has 2 N–H and O–H groups in total. The molecule has 0 spiro atoms. The Morgan fingerprint density at radius 2 is 1.78 bits per heavy atom. The van der Waals surface area contributed by atoms with Crippen LogP contribution in [0.15, 0.2) is 29.1 Å². The lowest BCUT2D eigenvalue weighted by molar-refractivity contribution is 0.0940. The fourth-order valence-corrected chi connectivity index (χ4v) is 5.27. The van der Waals surface area contributed by atoms with Crippen LogP contribution in [0.5, 0.6) is 0 Å². The van der Waals surface area contributed by atoms with Crippen LogP contribution in [0.25, 0.3) is 10.9 Å². The molecule has 1 aromatic heterocycles. The standard InChI is InChI=1S/C26H38N4O2/c1-18(2)28-25(31)23-15-22-19(3)5-4-6-24(22)30(26(23)32)17-21-9-13-29(14-10-21)16-20-7-11-27-12-8-20/h4-6,15,18,20-21,27H,7-14,16-17H2,1-3H3,(H,28,31). The molecule has 0 unspecified atom stereocenters. The van der Waals surface area contributed by atoms with E-state index in [-0.39, 0.29) is 23.1 Å². The van der Waals surface area contributed by atoms with Crippen molar-refractivity contribution >= 4 is 16.8 Å². The van der Waals surface area contributed by atoms with Gasteiger partial charge in [0.1, 0.15) is 5.56 Å². The first-order valence-corrected chi connectivity index (χ1v) is 12.3. The van der Waals surface area contributed by atoms with Crippen molar-refractivity contribution in [1.82, 2.24) is 20.1 Å². The number of rotatable bonds is 6. The summed E-state index contributed by atoms with van der Waals surface area (Å²) in [6.07, 6.45) is 4.78. The van der Waals surface area contributed by atoms with Crippen molar-refractivity contribution in [3.05, 3.63) is 45.7 Å².